The van der Waals surface area contributed by atoms with Crippen LogP contribution in [0.25, 0.3) is 5.69 Å². The average molecular weight is 338 g/mol. The summed E-state index contributed by atoms with van der Waals surface area (Å²) in [5.41, 5.74) is 5.23. The maximum atomic E-state index is 12.9. The first kappa shape index (κ1) is 16.3. The van der Waals surface area contributed by atoms with E-state index in [0.29, 0.717) is 11.7 Å². The van der Waals surface area contributed by atoms with Gasteiger partial charge in [0.15, 0.2) is 5.69 Å². The Morgan fingerprint density at radius 1 is 1.32 bits per heavy atom. The zero-order chi connectivity index (χ0) is 17.4. The molecule has 2 aliphatic rings. The zero-order valence-electron chi connectivity index (χ0n) is 15.0. The summed E-state index contributed by atoms with van der Waals surface area (Å²) in [5.74, 6) is -0.00964. The number of aryl methyl sites for hydroxylation is 1. The summed E-state index contributed by atoms with van der Waals surface area (Å²) in [6.07, 6.45) is 5.01. The van der Waals surface area contributed by atoms with Gasteiger partial charge in [0.25, 0.3) is 5.91 Å². The number of benzene rings is 1. The monoisotopic (exact) mass is 338 g/mol. The molecule has 5 nitrogen and oxygen atoms in total. The molecule has 0 radical (unpaired) electrons. The molecule has 1 fully saturated rings. The Morgan fingerprint density at radius 2 is 2.16 bits per heavy atom. The second kappa shape index (κ2) is 6.64. The zero-order valence-corrected chi connectivity index (χ0v) is 15.0. The summed E-state index contributed by atoms with van der Waals surface area (Å²) in [7, 11) is 0. The van der Waals surface area contributed by atoms with Crippen molar-refractivity contribution >= 4 is 5.91 Å². The molecule has 2 aromatic rings. The molecule has 1 amide bonds. The molecule has 0 bridgehead atoms. The van der Waals surface area contributed by atoms with Crippen LogP contribution >= 0.6 is 0 Å². The predicted molar refractivity (Wildman–Crippen MR) is 98.3 cm³/mol. The van der Waals surface area contributed by atoms with E-state index in [-0.39, 0.29) is 11.9 Å². The molecule has 5 heteroatoms. The summed E-state index contributed by atoms with van der Waals surface area (Å²) >= 11 is 0. The minimum absolute atomic E-state index is 0.00964. The van der Waals surface area contributed by atoms with Crippen LogP contribution in [-0.2, 0) is 12.8 Å². The lowest BCUT2D eigenvalue weighted by molar-refractivity contribution is 0.0919. The van der Waals surface area contributed by atoms with Gasteiger partial charge in [-0.3, -0.25) is 4.79 Å². The van der Waals surface area contributed by atoms with E-state index in [1.807, 2.05) is 16.8 Å². The molecule has 2 atom stereocenters. The van der Waals surface area contributed by atoms with Gasteiger partial charge in [0, 0.05) is 23.3 Å². The second-order valence-corrected chi connectivity index (χ2v) is 7.38. The maximum absolute atomic E-state index is 12.9. The number of nitrogens with zero attached hydrogens (tertiary/aromatic N) is 2. The highest BCUT2D eigenvalue weighted by Crippen LogP contribution is 2.29. The molecule has 0 spiro atoms. The van der Waals surface area contributed by atoms with E-state index in [4.69, 9.17) is 5.10 Å². The molecule has 1 saturated heterocycles. The van der Waals surface area contributed by atoms with Gasteiger partial charge in [-0.05, 0) is 64.1 Å². The first-order chi connectivity index (χ1) is 12.1. The fraction of sp³-hybridized carbons (Fsp3) is 0.500. The lowest BCUT2D eigenvalue weighted by Gasteiger charge is -2.28. The van der Waals surface area contributed by atoms with Crippen LogP contribution in [0.3, 0.4) is 0 Å². The number of nitrogens with one attached hydrogen (secondary N) is 2. The highest BCUT2D eigenvalue weighted by Gasteiger charge is 2.29. The molecular formula is C20H26N4O. The fourth-order valence-corrected chi connectivity index (χ4v) is 4.14. The van der Waals surface area contributed by atoms with E-state index in [1.54, 1.807) is 0 Å². The third-order valence-corrected chi connectivity index (χ3v) is 5.45. The predicted octanol–water partition coefficient (Wildman–Crippen LogP) is 2.54. The van der Waals surface area contributed by atoms with Crippen LogP contribution in [-0.4, -0.2) is 34.3 Å². The molecule has 1 aliphatic carbocycles. The van der Waals surface area contributed by atoms with Crippen LogP contribution in [0.5, 0.6) is 0 Å². The van der Waals surface area contributed by atoms with Crippen molar-refractivity contribution in [2.24, 2.45) is 0 Å². The van der Waals surface area contributed by atoms with E-state index in [1.165, 1.54) is 11.3 Å². The number of aromatic nitrogens is 2. The van der Waals surface area contributed by atoms with Gasteiger partial charge in [0.1, 0.15) is 0 Å². The Bertz CT molecular complexity index is 795. The quantitative estimate of drug-likeness (QED) is 0.904. The lowest BCUT2D eigenvalue weighted by Crippen LogP contribution is -2.46. The molecule has 132 valence electrons. The molecule has 25 heavy (non-hydrogen) atoms. The number of hydrogen-bond donors (Lipinski definition) is 2. The fourth-order valence-electron chi connectivity index (χ4n) is 4.14. The smallest absolute Gasteiger partial charge is 0.272 e. The number of carbonyl (C=O) groups is 1. The molecule has 4 rings (SSSR count). The van der Waals surface area contributed by atoms with Crippen molar-refractivity contribution in [3.05, 3.63) is 46.8 Å². The molecule has 0 saturated carbocycles. The minimum Gasteiger partial charge on any atom is -0.348 e. The maximum Gasteiger partial charge on any atom is 0.272 e. The number of fused-ring (bicyclic) bond motifs is 1. The third-order valence-electron chi connectivity index (χ3n) is 5.45. The summed E-state index contributed by atoms with van der Waals surface area (Å²) in [6.45, 7) is 5.22. The Balaban J connectivity index is 1.63. The molecule has 2 heterocycles. The number of amides is 1. The van der Waals surface area contributed by atoms with Crippen LogP contribution in [0, 0.1) is 6.92 Å². The molecule has 1 aromatic carbocycles. The van der Waals surface area contributed by atoms with Gasteiger partial charge in [0.2, 0.25) is 0 Å². The summed E-state index contributed by atoms with van der Waals surface area (Å²) in [5, 5.41) is 11.4. The second-order valence-electron chi connectivity index (χ2n) is 7.38. The van der Waals surface area contributed by atoms with Crippen LogP contribution in [0.15, 0.2) is 24.3 Å². The van der Waals surface area contributed by atoms with Crippen molar-refractivity contribution in [2.75, 3.05) is 6.54 Å². The Kier molecular flexibility index (Phi) is 4.34. The largest absolute Gasteiger partial charge is 0.348 e. The standard InChI is InChI=1S/C20H26N4O/c1-13-6-3-4-8-17(13)24-18-9-5-7-16(18)19(23-24)20(25)22-15-10-11-21-14(2)12-15/h3-4,6,8,14-15,21H,5,7,9-12H2,1-2H3,(H,22,25). The number of piperidine rings is 1. The van der Waals surface area contributed by atoms with Crippen LogP contribution in [0.4, 0.5) is 0 Å². The highest BCUT2D eigenvalue weighted by molar-refractivity contribution is 5.94. The molecule has 1 aromatic heterocycles. The topological polar surface area (TPSA) is 59.0 Å². The highest BCUT2D eigenvalue weighted by atomic mass is 16.2. The normalized spacial score (nSPS) is 22.6. The van der Waals surface area contributed by atoms with Gasteiger partial charge in [-0.25, -0.2) is 4.68 Å². The van der Waals surface area contributed by atoms with Crippen molar-refractivity contribution in [2.45, 2.75) is 58.0 Å². The van der Waals surface area contributed by atoms with E-state index < -0.39 is 0 Å². The van der Waals surface area contributed by atoms with Crippen molar-refractivity contribution in [1.29, 1.82) is 0 Å². The number of para-hydroxylation sites is 1. The molecule has 2 N–H and O–H groups in total. The Morgan fingerprint density at radius 3 is 2.96 bits per heavy atom. The number of rotatable bonds is 3. The van der Waals surface area contributed by atoms with Gasteiger partial charge in [-0.15, -0.1) is 0 Å². The first-order valence-electron chi connectivity index (χ1n) is 9.34. The van der Waals surface area contributed by atoms with Gasteiger partial charge >= 0.3 is 0 Å². The summed E-state index contributed by atoms with van der Waals surface area (Å²) in [6, 6.07) is 8.93. The third kappa shape index (κ3) is 3.09. The van der Waals surface area contributed by atoms with E-state index in [9.17, 15) is 4.79 Å². The van der Waals surface area contributed by atoms with E-state index in [0.717, 1.165) is 49.9 Å². The first-order valence-corrected chi connectivity index (χ1v) is 9.34. The molecule has 1 aliphatic heterocycles. The SMILES string of the molecule is Cc1ccccc1-n1nc(C(=O)NC2CCNC(C)C2)c2c1CCC2. The van der Waals surface area contributed by atoms with Crippen LogP contribution < -0.4 is 10.6 Å². The summed E-state index contributed by atoms with van der Waals surface area (Å²) < 4.78 is 2.00. The van der Waals surface area contributed by atoms with Crippen molar-refractivity contribution in [3.8, 4) is 5.69 Å². The van der Waals surface area contributed by atoms with Gasteiger partial charge in [-0.1, -0.05) is 18.2 Å². The van der Waals surface area contributed by atoms with E-state index in [2.05, 4.69) is 36.6 Å². The summed E-state index contributed by atoms with van der Waals surface area (Å²) in [4.78, 5) is 12.9. The van der Waals surface area contributed by atoms with Crippen LogP contribution in [0.1, 0.15) is 53.5 Å². The van der Waals surface area contributed by atoms with Crippen molar-refractivity contribution < 1.29 is 4.79 Å². The number of hydrogen-bond acceptors (Lipinski definition) is 3. The Labute approximate surface area is 148 Å². The minimum atomic E-state index is -0.00964. The van der Waals surface area contributed by atoms with Crippen molar-refractivity contribution in [1.82, 2.24) is 20.4 Å². The van der Waals surface area contributed by atoms with Gasteiger partial charge < -0.3 is 10.6 Å². The molecular weight excluding hydrogens is 312 g/mol. The van der Waals surface area contributed by atoms with Crippen LogP contribution in [0.2, 0.25) is 0 Å². The lowest BCUT2D eigenvalue weighted by atomic mass is 10.0. The van der Waals surface area contributed by atoms with Gasteiger partial charge in [0.05, 0.1) is 5.69 Å². The van der Waals surface area contributed by atoms with Gasteiger partial charge in [-0.2, -0.15) is 5.10 Å². The van der Waals surface area contributed by atoms with E-state index >= 15 is 0 Å². The Hall–Kier alpha value is -2.14. The van der Waals surface area contributed by atoms with Crippen molar-refractivity contribution in [3.63, 3.8) is 0 Å². The number of carbonyl (C=O) groups excluding carboxylic acids is 1. The molecule has 2 unspecified atom stereocenters. The average Bonchev–Trinajstić information content (AvgIpc) is 3.18.